The number of thioether (sulfide) groups is 1. The average Bonchev–Trinajstić information content (AvgIpc) is 2.73. The van der Waals surface area contributed by atoms with Gasteiger partial charge in [0.2, 0.25) is 5.28 Å². The molecule has 0 saturated heterocycles. The Bertz CT molecular complexity index is 588. The molecule has 0 radical (unpaired) electrons. The summed E-state index contributed by atoms with van der Waals surface area (Å²) in [6.07, 6.45) is 9.31. The molecule has 2 aromatic rings. The average molecular weight is 281 g/mol. The molecular formula is C12H13ClN4S. The van der Waals surface area contributed by atoms with Crippen molar-refractivity contribution < 1.29 is 0 Å². The van der Waals surface area contributed by atoms with E-state index in [9.17, 15) is 0 Å². The van der Waals surface area contributed by atoms with Gasteiger partial charge in [-0.1, -0.05) is 19.3 Å². The van der Waals surface area contributed by atoms with Crippen molar-refractivity contribution in [3.63, 3.8) is 0 Å². The van der Waals surface area contributed by atoms with Gasteiger partial charge in [-0.3, -0.25) is 0 Å². The molecule has 0 saturated carbocycles. The monoisotopic (exact) mass is 280 g/mol. The summed E-state index contributed by atoms with van der Waals surface area (Å²) in [4.78, 5) is 12.6. The van der Waals surface area contributed by atoms with Gasteiger partial charge in [-0.25, -0.2) is 9.97 Å². The topological polar surface area (TPSA) is 43.6 Å². The Kier molecular flexibility index (Phi) is 4.45. The molecule has 0 bridgehead atoms. The molecule has 0 fully saturated rings. The van der Waals surface area contributed by atoms with E-state index < -0.39 is 0 Å². The van der Waals surface area contributed by atoms with E-state index in [1.165, 1.54) is 0 Å². The molecule has 4 nitrogen and oxygen atoms in total. The Hall–Kier alpha value is -1.25. The van der Waals surface area contributed by atoms with Crippen molar-refractivity contribution >= 4 is 34.5 Å². The number of hydrogen-bond acceptors (Lipinski definition) is 4. The number of imidazole rings is 1. The fourth-order valence-electron chi connectivity index (χ4n) is 1.55. The van der Waals surface area contributed by atoms with Crippen LogP contribution in [0.15, 0.2) is 11.4 Å². The summed E-state index contributed by atoms with van der Waals surface area (Å²) in [5, 5.41) is 1.08. The predicted molar refractivity (Wildman–Crippen MR) is 74.8 cm³/mol. The first-order valence-electron chi connectivity index (χ1n) is 5.71. The third-order valence-electron chi connectivity index (χ3n) is 2.41. The molecule has 0 unspecified atom stereocenters. The highest BCUT2D eigenvalue weighted by Gasteiger charge is 2.12. The van der Waals surface area contributed by atoms with Crippen molar-refractivity contribution in [2.24, 2.45) is 0 Å². The van der Waals surface area contributed by atoms with E-state index in [0.29, 0.717) is 12.2 Å². The smallest absolute Gasteiger partial charge is 0.225 e. The molecule has 0 atom stereocenters. The Morgan fingerprint density at radius 1 is 1.50 bits per heavy atom. The van der Waals surface area contributed by atoms with E-state index in [1.54, 1.807) is 18.1 Å². The minimum Gasteiger partial charge on any atom is -0.315 e. The predicted octanol–water partition coefficient (Wildman–Crippen LogP) is 3.01. The van der Waals surface area contributed by atoms with Crippen LogP contribution in [0.3, 0.4) is 0 Å². The third kappa shape index (κ3) is 2.77. The standard InChI is InChI=1S/C12H13ClN4S/c1-3-5-7-18-11-9-10(15-12(13)16-11)14-8-17(9)6-4-2/h2,8H,3,5-7H2,1H3. The fourth-order valence-corrected chi connectivity index (χ4v) is 2.89. The number of terminal acetylenes is 1. The van der Waals surface area contributed by atoms with Crippen LogP contribution in [0.25, 0.3) is 11.2 Å². The summed E-state index contributed by atoms with van der Waals surface area (Å²) in [6.45, 7) is 2.62. The van der Waals surface area contributed by atoms with E-state index in [4.69, 9.17) is 18.0 Å². The summed E-state index contributed by atoms with van der Waals surface area (Å²) in [7, 11) is 0. The molecule has 18 heavy (non-hydrogen) atoms. The second kappa shape index (κ2) is 6.07. The van der Waals surface area contributed by atoms with Crippen LogP contribution < -0.4 is 0 Å². The quantitative estimate of drug-likeness (QED) is 0.278. The highest BCUT2D eigenvalue weighted by Crippen LogP contribution is 2.26. The van der Waals surface area contributed by atoms with Gasteiger partial charge in [-0.15, -0.1) is 18.2 Å². The lowest BCUT2D eigenvalue weighted by Gasteiger charge is -2.05. The first-order valence-corrected chi connectivity index (χ1v) is 7.07. The van der Waals surface area contributed by atoms with Crippen LogP contribution in [-0.4, -0.2) is 25.3 Å². The molecule has 2 heterocycles. The Balaban J connectivity index is 2.41. The van der Waals surface area contributed by atoms with Crippen LogP contribution in [0.5, 0.6) is 0 Å². The largest absolute Gasteiger partial charge is 0.315 e. The third-order valence-corrected chi connectivity index (χ3v) is 3.63. The number of nitrogens with zero attached hydrogens (tertiary/aromatic N) is 4. The molecule has 6 heteroatoms. The number of unbranched alkanes of at least 4 members (excludes halogenated alkanes) is 1. The van der Waals surface area contributed by atoms with E-state index >= 15 is 0 Å². The zero-order valence-corrected chi connectivity index (χ0v) is 11.6. The van der Waals surface area contributed by atoms with Gasteiger partial charge in [0.05, 0.1) is 12.9 Å². The Morgan fingerprint density at radius 3 is 3.06 bits per heavy atom. The van der Waals surface area contributed by atoms with Crippen LogP contribution in [0.1, 0.15) is 19.8 Å². The van der Waals surface area contributed by atoms with Crippen LogP contribution in [0, 0.1) is 12.3 Å². The zero-order valence-electron chi connectivity index (χ0n) is 10.1. The van der Waals surface area contributed by atoms with Gasteiger partial charge in [-0.2, -0.15) is 4.98 Å². The minimum absolute atomic E-state index is 0.229. The van der Waals surface area contributed by atoms with Crippen molar-refractivity contribution in [1.29, 1.82) is 0 Å². The van der Waals surface area contributed by atoms with Gasteiger partial charge in [-0.05, 0) is 23.8 Å². The van der Waals surface area contributed by atoms with E-state index in [-0.39, 0.29) is 5.28 Å². The molecule has 0 aliphatic rings. The van der Waals surface area contributed by atoms with Crippen molar-refractivity contribution in [1.82, 2.24) is 19.5 Å². The molecule has 2 rings (SSSR count). The minimum atomic E-state index is 0.229. The maximum atomic E-state index is 5.90. The summed E-state index contributed by atoms with van der Waals surface area (Å²) in [6, 6.07) is 0. The van der Waals surface area contributed by atoms with Gasteiger partial charge < -0.3 is 4.57 Å². The Labute approximate surface area is 115 Å². The fraction of sp³-hybridized carbons (Fsp3) is 0.417. The Morgan fingerprint density at radius 2 is 2.33 bits per heavy atom. The van der Waals surface area contributed by atoms with Crippen LogP contribution >= 0.6 is 23.4 Å². The first-order chi connectivity index (χ1) is 8.76. The lowest BCUT2D eigenvalue weighted by atomic mass is 10.4. The van der Waals surface area contributed by atoms with E-state index in [1.807, 2.05) is 4.57 Å². The second-order valence-electron chi connectivity index (χ2n) is 3.75. The van der Waals surface area contributed by atoms with Crippen LogP contribution in [0.2, 0.25) is 5.28 Å². The highest BCUT2D eigenvalue weighted by molar-refractivity contribution is 7.99. The van der Waals surface area contributed by atoms with Crippen molar-refractivity contribution in [3.8, 4) is 12.3 Å². The molecule has 0 amide bonds. The lowest BCUT2D eigenvalue weighted by Crippen LogP contribution is -1.97. The molecule has 0 aromatic carbocycles. The lowest BCUT2D eigenvalue weighted by molar-refractivity contribution is 0.854. The first kappa shape index (κ1) is 13.2. The van der Waals surface area contributed by atoms with Gasteiger partial charge in [0.15, 0.2) is 5.65 Å². The van der Waals surface area contributed by atoms with E-state index in [2.05, 4.69) is 27.8 Å². The van der Waals surface area contributed by atoms with Crippen molar-refractivity contribution in [2.75, 3.05) is 5.75 Å². The number of rotatable bonds is 5. The molecule has 94 valence electrons. The number of hydrogen-bond donors (Lipinski definition) is 0. The normalized spacial score (nSPS) is 10.7. The van der Waals surface area contributed by atoms with Crippen LogP contribution in [-0.2, 0) is 6.54 Å². The van der Waals surface area contributed by atoms with Crippen LogP contribution in [0.4, 0.5) is 0 Å². The SMILES string of the molecule is C#CCn1cnc2nc(Cl)nc(SCCCC)c21. The summed E-state index contributed by atoms with van der Waals surface area (Å²) in [5.74, 6) is 3.60. The van der Waals surface area contributed by atoms with Crippen molar-refractivity contribution in [2.45, 2.75) is 31.3 Å². The van der Waals surface area contributed by atoms with Crippen molar-refractivity contribution in [3.05, 3.63) is 11.6 Å². The van der Waals surface area contributed by atoms with Gasteiger partial charge in [0.25, 0.3) is 0 Å². The maximum Gasteiger partial charge on any atom is 0.225 e. The molecule has 0 aliphatic heterocycles. The maximum absolute atomic E-state index is 5.90. The van der Waals surface area contributed by atoms with Gasteiger partial charge >= 0.3 is 0 Å². The molecule has 0 N–H and O–H groups in total. The summed E-state index contributed by atoms with van der Waals surface area (Å²) in [5.41, 5.74) is 1.47. The number of aromatic nitrogens is 4. The summed E-state index contributed by atoms with van der Waals surface area (Å²) >= 11 is 7.57. The van der Waals surface area contributed by atoms with Gasteiger partial charge in [0.1, 0.15) is 10.5 Å². The van der Waals surface area contributed by atoms with E-state index in [0.717, 1.165) is 29.1 Å². The molecular weight excluding hydrogens is 268 g/mol. The molecule has 0 spiro atoms. The highest BCUT2D eigenvalue weighted by atomic mass is 35.5. The zero-order chi connectivity index (χ0) is 13.0. The molecule has 0 aliphatic carbocycles. The molecule has 2 aromatic heterocycles. The number of halogens is 1. The summed E-state index contributed by atoms with van der Waals surface area (Å²) < 4.78 is 1.87. The van der Waals surface area contributed by atoms with Gasteiger partial charge in [0, 0.05) is 0 Å². The second-order valence-corrected chi connectivity index (χ2v) is 5.17. The number of fused-ring (bicyclic) bond motifs is 1.